The highest BCUT2D eigenvalue weighted by Crippen LogP contribution is 2.41. The quantitative estimate of drug-likeness (QED) is 0.547. The topological polar surface area (TPSA) is 93.5 Å². The van der Waals surface area contributed by atoms with Gasteiger partial charge in [0.05, 0.1) is 11.3 Å². The lowest BCUT2D eigenvalue weighted by molar-refractivity contribution is -0.138. The minimum atomic E-state index is -4.63. The maximum atomic E-state index is 14.0. The predicted molar refractivity (Wildman–Crippen MR) is 100 cm³/mol. The highest BCUT2D eigenvalue weighted by molar-refractivity contribution is 5.92. The summed E-state index contributed by atoms with van der Waals surface area (Å²) in [5.74, 6) is -1.17. The molecule has 0 aliphatic carbocycles. The van der Waals surface area contributed by atoms with E-state index in [9.17, 15) is 18.0 Å². The van der Waals surface area contributed by atoms with E-state index in [-0.39, 0.29) is 28.7 Å². The molecular weight excluding hydrogens is 385 g/mol. The summed E-state index contributed by atoms with van der Waals surface area (Å²) in [6.07, 6.45) is -0.246. The molecule has 29 heavy (non-hydrogen) atoms. The number of carbonyl (C=O) groups is 1. The second-order valence-electron chi connectivity index (χ2n) is 6.57. The molecule has 0 fully saturated rings. The highest BCUT2D eigenvalue weighted by atomic mass is 19.4. The van der Waals surface area contributed by atoms with Gasteiger partial charge >= 0.3 is 12.1 Å². The van der Waals surface area contributed by atoms with Gasteiger partial charge in [-0.1, -0.05) is 24.3 Å². The second kappa shape index (κ2) is 6.85. The van der Waals surface area contributed by atoms with E-state index in [1.165, 1.54) is 28.9 Å². The van der Waals surface area contributed by atoms with Gasteiger partial charge in [-0.25, -0.2) is 4.98 Å². The molecule has 3 aromatic heterocycles. The number of halogens is 3. The van der Waals surface area contributed by atoms with Crippen molar-refractivity contribution in [2.75, 3.05) is 0 Å². The van der Waals surface area contributed by atoms with Crippen LogP contribution in [0, 0.1) is 0 Å². The van der Waals surface area contributed by atoms with Gasteiger partial charge in [-0.2, -0.15) is 13.2 Å². The fourth-order valence-corrected chi connectivity index (χ4v) is 3.39. The molecule has 4 aromatic rings. The van der Waals surface area contributed by atoms with Gasteiger partial charge in [0, 0.05) is 41.7 Å². The van der Waals surface area contributed by atoms with Crippen LogP contribution in [0.25, 0.3) is 27.7 Å². The van der Waals surface area contributed by atoms with E-state index in [0.29, 0.717) is 11.1 Å². The largest absolute Gasteiger partial charge is 0.480 e. The van der Waals surface area contributed by atoms with E-state index in [2.05, 4.69) is 9.97 Å². The molecule has 148 valence electrons. The zero-order valence-corrected chi connectivity index (χ0v) is 14.9. The van der Waals surface area contributed by atoms with Gasteiger partial charge in [-0.3, -0.25) is 9.78 Å². The van der Waals surface area contributed by atoms with Crippen molar-refractivity contribution >= 4 is 22.4 Å². The highest BCUT2D eigenvalue weighted by Gasteiger charge is 2.37. The number of rotatable bonds is 4. The molecule has 0 bridgehead atoms. The molecule has 0 amide bonds. The summed E-state index contributed by atoms with van der Waals surface area (Å²) < 4.78 is 43.5. The van der Waals surface area contributed by atoms with Crippen molar-refractivity contribution in [1.29, 1.82) is 0 Å². The van der Waals surface area contributed by atoms with Crippen LogP contribution in [0.5, 0.6) is 0 Å². The van der Waals surface area contributed by atoms with Crippen LogP contribution in [0.2, 0.25) is 0 Å². The smallest absolute Gasteiger partial charge is 0.419 e. The van der Waals surface area contributed by atoms with Gasteiger partial charge in [0.2, 0.25) is 0 Å². The third kappa shape index (κ3) is 3.29. The summed E-state index contributed by atoms with van der Waals surface area (Å²) in [4.78, 5) is 19.3. The summed E-state index contributed by atoms with van der Waals surface area (Å²) in [5.41, 5.74) is 5.49. The predicted octanol–water partition coefficient (Wildman–Crippen LogP) is 3.52. The summed E-state index contributed by atoms with van der Waals surface area (Å²) in [6, 6.07) is 8.05. The number of hydrogen-bond acceptors (Lipinski definition) is 4. The van der Waals surface area contributed by atoms with Crippen molar-refractivity contribution < 1.29 is 23.1 Å². The average molecular weight is 400 g/mol. The first-order chi connectivity index (χ1) is 13.8. The van der Waals surface area contributed by atoms with Gasteiger partial charge in [-0.05, 0) is 17.5 Å². The van der Waals surface area contributed by atoms with Crippen molar-refractivity contribution in [3.63, 3.8) is 0 Å². The monoisotopic (exact) mass is 400 g/mol. The number of carboxylic acid groups (broad SMARTS) is 1. The minimum absolute atomic E-state index is 0.000248. The van der Waals surface area contributed by atoms with Gasteiger partial charge in [0.15, 0.2) is 0 Å². The number of nitrogens with two attached hydrogens (primary N) is 1. The van der Waals surface area contributed by atoms with Crippen molar-refractivity contribution in [2.24, 2.45) is 5.73 Å². The maximum Gasteiger partial charge on any atom is 0.419 e. The van der Waals surface area contributed by atoms with Crippen LogP contribution in [-0.4, -0.2) is 31.5 Å². The van der Waals surface area contributed by atoms with Crippen LogP contribution in [0.15, 0.2) is 55.0 Å². The number of carboxylic acids is 1. The van der Waals surface area contributed by atoms with Crippen molar-refractivity contribution in [3.05, 3.63) is 66.2 Å². The zero-order chi connectivity index (χ0) is 20.8. The first kappa shape index (κ1) is 18.9. The van der Waals surface area contributed by atoms with E-state index >= 15 is 0 Å². The lowest BCUT2D eigenvalue weighted by Gasteiger charge is -2.17. The first-order valence-corrected chi connectivity index (χ1v) is 8.66. The molecule has 6 nitrogen and oxygen atoms in total. The normalized spacial score (nSPS) is 13.1. The molecule has 3 heterocycles. The van der Waals surface area contributed by atoms with Crippen LogP contribution in [0.1, 0.15) is 11.3 Å². The van der Waals surface area contributed by atoms with Crippen LogP contribution >= 0.6 is 0 Å². The Kier molecular flexibility index (Phi) is 4.46. The third-order valence-corrected chi connectivity index (χ3v) is 4.72. The van der Waals surface area contributed by atoms with Gasteiger partial charge in [0.1, 0.15) is 11.7 Å². The van der Waals surface area contributed by atoms with E-state index in [1.807, 2.05) is 0 Å². The summed E-state index contributed by atoms with van der Waals surface area (Å²) in [5, 5.41) is 9.47. The molecule has 0 spiro atoms. The molecule has 4 rings (SSSR count). The number of nitrogens with zero attached hydrogens (tertiary/aromatic N) is 3. The molecule has 9 heteroatoms. The molecule has 0 saturated carbocycles. The lowest BCUT2D eigenvalue weighted by Crippen LogP contribution is -2.32. The average Bonchev–Trinajstić information content (AvgIpc) is 3.16. The standard InChI is InChI=1S/C20H15F3N4O2/c21-20(22,23)16-13-4-2-1-3-11(13)10-26-17(16)14-6-5-12(9-15(24)19(28)29)27-8-7-25-18(14)27/h1-8,10,15H,9,24H2,(H,28,29)/t15-/m0/s1. The minimum Gasteiger partial charge on any atom is -0.480 e. The van der Waals surface area contributed by atoms with Gasteiger partial charge in [0.25, 0.3) is 0 Å². The Bertz CT molecular complexity index is 1230. The molecular formula is C20H15F3N4O2. The molecule has 0 aliphatic heterocycles. The number of aromatic nitrogens is 3. The Balaban J connectivity index is 1.96. The fourth-order valence-electron chi connectivity index (χ4n) is 3.39. The van der Waals surface area contributed by atoms with Crippen molar-refractivity contribution in [2.45, 2.75) is 18.6 Å². The molecule has 1 atom stereocenters. The van der Waals surface area contributed by atoms with E-state index < -0.39 is 23.8 Å². The summed E-state index contributed by atoms with van der Waals surface area (Å²) >= 11 is 0. The summed E-state index contributed by atoms with van der Waals surface area (Å²) in [7, 11) is 0. The number of pyridine rings is 2. The zero-order valence-electron chi connectivity index (χ0n) is 14.9. The SMILES string of the molecule is N[C@@H](Cc1ccc(-c2ncc3ccccc3c2C(F)(F)F)c2nccn12)C(=O)O. The van der Waals surface area contributed by atoms with Crippen LogP contribution < -0.4 is 5.73 Å². The molecule has 0 radical (unpaired) electrons. The Morgan fingerprint density at radius 3 is 2.66 bits per heavy atom. The number of fused-ring (bicyclic) bond motifs is 2. The molecule has 0 saturated heterocycles. The first-order valence-electron chi connectivity index (χ1n) is 8.66. The van der Waals surface area contributed by atoms with Crippen molar-refractivity contribution in [1.82, 2.24) is 14.4 Å². The summed E-state index contributed by atoms with van der Waals surface area (Å²) in [6.45, 7) is 0. The Morgan fingerprint density at radius 1 is 1.17 bits per heavy atom. The van der Waals surface area contributed by atoms with Crippen LogP contribution in [-0.2, 0) is 17.4 Å². The van der Waals surface area contributed by atoms with E-state index in [4.69, 9.17) is 10.8 Å². The number of imidazole rings is 1. The molecule has 0 unspecified atom stereocenters. The van der Waals surface area contributed by atoms with Gasteiger partial charge < -0.3 is 15.2 Å². The molecule has 1 aromatic carbocycles. The number of aliphatic carboxylic acids is 1. The number of alkyl halides is 3. The third-order valence-electron chi connectivity index (χ3n) is 4.72. The number of benzene rings is 1. The second-order valence-corrected chi connectivity index (χ2v) is 6.57. The van der Waals surface area contributed by atoms with Crippen LogP contribution in [0.3, 0.4) is 0 Å². The molecule has 3 N–H and O–H groups in total. The Labute approximate surface area is 162 Å². The molecule has 0 aliphatic rings. The Hall–Kier alpha value is -3.46. The van der Waals surface area contributed by atoms with Crippen LogP contribution in [0.4, 0.5) is 13.2 Å². The fraction of sp³-hybridized carbons (Fsp3) is 0.150. The maximum absolute atomic E-state index is 14.0. The van der Waals surface area contributed by atoms with E-state index in [0.717, 1.165) is 0 Å². The van der Waals surface area contributed by atoms with Gasteiger partial charge in [-0.15, -0.1) is 0 Å². The van der Waals surface area contributed by atoms with Crippen molar-refractivity contribution in [3.8, 4) is 11.3 Å². The Morgan fingerprint density at radius 2 is 1.93 bits per heavy atom. The number of hydrogen-bond donors (Lipinski definition) is 2. The van der Waals surface area contributed by atoms with E-state index in [1.54, 1.807) is 30.5 Å². The lowest BCUT2D eigenvalue weighted by atomic mass is 9.99.